The second-order valence-electron chi connectivity index (χ2n) is 21.5. The van der Waals surface area contributed by atoms with Crippen LogP contribution in [0.15, 0.2) is 0 Å². The first-order valence-corrected chi connectivity index (χ1v) is 30.2. The molecule has 0 rings (SSSR count). The summed E-state index contributed by atoms with van der Waals surface area (Å²) < 4.78 is 42.7. The smallest absolute Gasteiger partial charge is 0.309 e. The number of unbranched alkanes of at least 4 members (excludes halogenated alkanes) is 1. The number of hydrogen-bond donors (Lipinski definition) is 6. The summed E-state index contributed by atoms with van der Waals surface area (Å²) in [6, 6.07) is 0. The van der Waals surface area contributed by atoms with E-state index < -0.39 is 127 Å². The molecule has 496 valence electrons. The fourth-order valence-corrected chi connectivity index (χ4v) is 8.36. The monoisotopic (exact) mass is 1230 g/mol. The van der Waals surface area contributed by atoms with Crippen molar-refractivity contribution in [2.75, 3.05) is 105 Å². The van der Waals surface area contributed by atoms with Crippen LogP contribution in [0, 0.1) is 52.8 Å². The van der Waals surface area contributed by atoms with E-state index in [2.05, 4.69) is 16.0 Å². The maximum Gasteiger partial charge on any atom is 0.309 e. The topological polar surface area (TPSA) is 405 Å². The van der Waals surface area contributed by atoms with Gasteiger partial charge in [-0.3, -0.25) is 43.2 Å². The Morgan fingerprint density at radius 3 is 1.26 bits per heavy atom. The van der Waals surface area contributed by atoms with Crippen molar-refractivity contribution >= 4 is 65.7 Å². The first-order valence-electron chi connectivity index (χ1n) is 30.2. The highest BCUT2D eigenvalue weighted by atomic mass is 16.6. The molecule has 0 amide bonds. The SMILES string of the molecule is CCC(C)C(=O)OCCNCCC(=O)OCC(CC)(CCOC(=O)CCNCCOC(=O)C(CC)CC(CC(CC(CC(CCC(C)C(=O)OCCCCO)C(=O)OCCO)C(=O)[O-])C(=O)[O-])C(=O)O)COC(=O)CCNCCOC(=O)C(C)CC. The van der Waals surface area contributed by atoms with E-state index in [-0.39, 0.29) is 154 Å². The van der Waals surface area contributed by atoms with Crippen LogP contribution in [0.25, 0.3) is 0 Å². The number of aliphatic hydroxyl groups is 2. The van der Waals surface area contributed by atoms with Crippen LogP contribution in [0.5, 0.6) is 0 Å². The molecule has 0 fully saturated rings. The van der Waals surface area contributed by atoms with E-state index in [1.807, 2.05) is 20.8 Å². The minimum atomic E-state index is -1.77. The predicted molar refractivity (Wildman–Crippen MR) is 302 cm³/mol. The zero-order valence-electron chi connectivity index (χ0n) is 51.7. The van der Waals surface area contributed by atoms with Crippen molar-refractivity contribution in [2.24, 2.45) is 52.8 Å². The summed E-state index contributed by atoms with van der Waals surface area (Å²) in [6.45, 7) is 12.2. The van der Waals surface area contributed by atoms with Gasteiger partial charge in [0.25, 0.3) is 0 Å². The molecule has 0 saturated carbocycles. The lowest BCUT2D eigenvalue weighted by Crippen LogP contribution is -2.40. The third kappa shape index (κ3) is 36.8. The number of esters is 8. The maximum atomic E-state index is 13.2. The molecular formula is C59H99N3O24-2. The van der Waals surface area contributed by atoms with Crippen LogP contribution in [-0.4, -0.2) is 186 Å². The Kier molecular flexibility index (Phi) is 44.7. The molecule has 27 nitrogen and oxygen atoms in total. The minimum Gasteiger partial charge on any atom is -0.550 e. The Morgan fingerprint density at radius 2 is 0.826 bits per heavy atom. The molecule has 0 radical (unpaired) electrons. The van der Waals surface area contributed by atoms with Crippen LogP contribution in [0.3, 0.4) is 0 Å². The average Bonchev–Trinajstić information content (AvgIpc) is 3.15. The van der Waals surface area contributed by atoms with Gasteiger partial charge in [0.1, 0.15) is 39.6 Å². The molecule has 0 heterocycles. The fourth-order valence-electron chi connectivity index (χ4n) is 8.36. The lowest BCUT2D eigenvalue weighted by atomic mass is 9.79. The maximum absolute atomic E-state index is 13.2. The van der Waals surface area contributed by atoms with Crippen LogP contribution in [0.1, 0.15) is 151 Å². The van der Waals surface area contributed by atoms with Gasteiger partial charge in [-0.1, -0.05) is 48.5 Å². The Labute approximate surface area is 505 Å². The number of carboxylic acids is 3. The number of aliphatic hydroxyl groups excluding tert-OH is 2. The third-order valence-electron chi connectivity index (χ3n) is 14.8. The van der Waals surface area contributed by atoms with E-state index in [9.17, 15) is 73.2 Å². The van der Waals surface area contributed by atoms with Gasteiger partial charge in [-0.25, -0.2) is 0 Å². The van der Waals surface area contributed by atoms with Crippen LogP contribution < -0.4 is 26.2 Å². The highest BCUT2D eigenvalue weighted by Crippen LogP contribution is 2.32. The lowest BCUT2D eigenvalue weighted by molar-refractivity contribution is -0.316. The second-order valence-corrected chi connectivity index (χ2v) is 21.5. The molecule has 0 aromatic carbocycles. The molecule has 0 aromatic heterocycles. The normalized spacial score (nSPS) is 14.7. The molecule has 0 aliphatic heterocycles. The van der Waals surface area contributed by atoms with Crippen molar-refractivity contribution in [2.45, 2.75) is 151 Å². The van der Waals surface area contributed by atoms with E-state index in [4.69, 9.17) is 43.0 Å². The first kappa shape index (κ1) is 80.0. The molecule has 0 aliphatic rings. The van der Waals surface area contributed by atoms with E-state index in [0.29, 0.717) is 45.2 Å². The second kappa shape index (κ2) is 48.0. The highest BCUT2D eigenvalue weighted by Gasteiger charge is 2.35. The van der Waals surface area contributed by atoms with Gasteiger partial charge in [0.2, 0.25) is 0 Å². The van der Waals surface area contributed by atoms with Crippen molar-refractivity contribution in [1.82, 2.24) is 16.0 Å². The number of hydrogen-bond acceptors (Lipinski definition) is 26. The van der Waals surface area contributed by atoms with Gasteiger partial charge in [-0.2, -0.15) is 0 Å². The molecule has 8 unspecified atom stereocenters. The summed E-state index contributed by atoms with van der Waals surface area (Å²) in [5, 5.41) is 62.1. The van der Waals surface area contributed by atoms with Gasteiger partial charge < -0.3 is 89.0 Å². The van der Waals surface area contributed by atoms with Crippen LogP contribution >= 0.6 is 0 Å². The molecule has 0 bridgehead atoms. The molecular weight excluding hydrogens is 1130 g/mol. The Bertz CT molecular complexity index is 1970. The number of carbonyl (C=O) groups is 11. The van der Waals surface area contributed by atoms with Crippen LogP contribution in [-0.2, 0) is 90.6 Å². The number of carboxylic acid groups (broad SMARTS) is 3. The van der Waals surface area contributed by atoms with E-state index in [0.717, 1.165) is 0 Å². The standard InChI is InChI=1S/C59H101N3O24/c1-8-40(5)54(74)81-30-23-61-21-17-49(66)85-38-59(11-4,39-86-50(67)18-22-62-24-31-82-55(75)41(6)9-2)19-29-79-48(65)16-20-60-25-32-83-57(77)43(10-3)34-45(51(68)69)36-47(53(72)73)37-46(52(70)71)35-44(58(78)84-33-27-64)15-14-42(7)56(76)80-28-13-12-26-63/h40-47,60-64H,8-39H2,1-7H3,(H,68,69)(H,70,71)(H,72,73)/p-2. The zero-order valence-corrected chi connectivity index (χ0v) is 51.7. The van der Waals surface area contributed by atoms with E-state index in [1.54, 1.807) is 20.8 Å². The Hall–Kier alpha value is -6.03. The van der Waals surface area contributed by atoms with Gasteiger partial charge in [0.15, 0.2) is 0 Å². The summed E-state index contributed by atoms with van der Waals surface area (Å²) in [7, 11) is 0. The van der Waals surface area contributed by atoms with Gasteiger partial charge in [0, 0.05) is 63.2 Å². The number of ether oxygens (including phenoxy) is 8. The third-order valence-corrected chi connectivity index (χ3v) is 14.8. The molecule has 0 aromatic rings. The average molecular weight is 1230 g/mol. The fraction of sp³-hybridized carbons (Fsp3) is 0.814. The molecule has 0 aliphatic carbocycles. The molecule has 27 heteroatoms. The number of aliphatic carboxylic acids is 3. The van der Waals surface area contributed by atoms with Crippen molar-refractivity contribution in [3.8, 4) is 0 Å². The van der Waals surface area contributed by atoms with Crippen molar-refractivity contribution in [3.05, 3.63) is 0 Å². The summed E-state index contributed by atoms with van der Waals surface area (Å²) in [4.78, 5) is 138. The summed E-state index contributed by atoms with van der Waals surface area (Å²) in [6.07, 6.45) is 0.274. The first-order chi connectivity index (χ1) is 40.9. The van der Waals surface area contributed by atoms with Crippen LogP contribution in [0.4, 0.5) is 0 Å². The molecule has 86 heavy (non-hydrogen) atoms. The molecule has 0 saturated heterocycles. The Balaban J connectivity index is 5.48. The lowest BCUT2D eigenvalue weighted by Gasteiger charge is -2.31. The number of rotatable bonds is 54. The van der Waals surface area contributed by atoms with Crippen molar-refractivity contribution in [3.63, 3.8) is 0 Å². The quantitative estimate of drug-likeness (QED) is 0.0281. The van der Waals surface area contributed by atoms with Gasteiger partial charge in [-0.15, -0.1) is 0 Å². The summed E-state index contributed by atoms with van der Waals surface area (Å²) in [5.74, 6) is -17.8. The van der Waals surface area contributed by atoms with Crippen LogP contribution in [0.2, 0.25) is 0 Å². The van der Waals surface area contributed by atoms with Gasteiger partial charge in [0.05, 0.1) is 74.6 Å². The zero-order chi connectivity index (χ0) is 64.9. The highest BCUT2D eigenvalue weighted by molar-refractivity contribution is 5.78. The summed E-state index contributed by atoms with van der Waals surface area (Å²) >= 11 is 0. The molecule has 0 spiro atoms. The van der Waals surface area contributed by atoms with E-state index in [1.165, 1.54) is 6.92 Å². The van der Waals surface area contributed by atoms with E-state index >= 15 is 0 Å². The number of carbonyl (C=O) groups excluding carboxylic acids is 10. The molecule has 6 N–H and O–H groups in total. The minimum absolute atomic E-state index is 0.00787. The predicted octanol–water partition coefficient (Wildman–Crippen LogP) is 0.967. The summed E-state index contributed by atoms with van der Waals surface area (Å²) in [5.41, 5.74) is -0.937. The van der Waals surface area contributed by atoms with Crippen molar-refractivity contribution < 1.29 is 116 Å². The van der Waals surface area contributed by atoms with Gasteiger partial charge in [-0.05, 0) is 95.3 Å². The molecule has 8 atom stereocenters. The van der Waals surface area contributed by atoms with Crippen molar-refractivity contribution in [1.29, 1.82) is 0 Å². The Morgan fingerprint density at radius 1 is 0.419 bits per heavy atom. The number of nitrogens with one attached hydrogen (secondary N) is 3. The van der Waals surface area contributed by atoms with Gasteiger partial charge >= 0.3 is 53.7 Å². The largest absolute Gasteiger partial charge is 0.550 e.